The van der Waals surface area contributed by atoms with E-state index in [1.807, 2.05) is 0 Å². The van der Waals surface area contributed by atoms with Gasteiger partial charge in [-0.15, -0.1) is 0 Å². The molecule has 5 N–H and O–H groups in total. The van der Waals surface area contributed by atoms with Gasteiger partial charge in [0, 0.05) is 19.4 Å². The average Bonchev–Trinajstić information content (AvgIpc) is 2.23. The first-order chi connectivity index (χ1) is 7.60. The van der Waals surface area contributed by atoms with Gasteiger partial charge in [0.1, 0.15) is 0 Å². The molecule has 0 spiro atoms. The van der Waals surface area contributed by atoms with Crippen LogP contribution in [0.4, 0.5) is 0 Å². The fraction of sp³-hybridized carbons (Fsp3) is 0.818. The first-order valence-corrected chi connectivity index (χ1v) is 5.85. The van der Waals surface area contributed by atoms with Crippen molar-refractivity contribution < 1.29 is 9.59 Å². The summed E-state index contributed by atoms with van der Waals surface area (Å²) in [5, 5.41) is 2.66. The monoisotopic (exact) mass is 229 g/mol. The van der Waals surface area contributed by atoms with Gasteiger partial charge in [-0.2, -0.15) is 0 Å². The molecule has 0 aromatic carbocycles. The highest BCUT2D eigenvalue weighted by molar-refractivity contribution is 5.77. The predicted octanol–water partition coefficient (Wildman–Crippen LogP) is 0.133. The van der Waals surface area contributed by atoms with Crippen LogP contribution < -0.4 is 16.8 Å². The summed E-state index contributed by atoms with van der Waals surface area (Å²) in [4.78, 5) is 21.8. The molecule has 0 fully saturated rings. The van der Waals surface area contributed by atoms with Gasteiger partial charge in [0.25, 0.3) is 0 Å². The van der Waals surface area contributed by atoms with E-state index in [1.165, 1.54) is 0 Å². The fourth-order valence-corrected chi connectivity index (χ4v) is 1.54. The number of nitrogens with one attached hydrogen (secondary N) is 1. The summed E-state index contributed by atoms with van der Waals surface area (Å²) in [5.41, 5.74) is 10.4. The summed E-state index contributed by atoms with van der Waals surface area (Å²) in [6, 6.07) is 0. The van der Waals surface area contributed by atoms with Crippen LogP contribution >= 0.6 is 0 Å². The van der Waals surface area contributed by atoms with Crippen LogP contribution in [0.5, 0.6) is 0 Å². The molecule has 0 radical (unpaired) electrons. The van der Waals surface area contributed by atoms with Gasteiger partial charge < -0.3 is 16.8 Å². The van der Waals surface area contributed by atoms with Gasteiger partial charge in [-0.1, -0.05) is 13.3 Å². The molecule has 5 heteroatoms. The van der Waals surface area contributed by atoms with Crippen LogP contribution in [0.15, 0.2) is 0 Å². The molecule has 94 valence electrons. The summed E-state index contributed by atoms with van der Waals surface area (Å²) in [6.45, 7) is 3.11. The Bertz CT molecular complexity index is 219. The number of nitrogens with two attached hydrogens (primary N) is 2. The van der Waals surface area contributed by atoms with E-state index in [-0.39, 0.29) is 12.3 Å². The Balaban J connectivity index is 3.58. The lowest BCUT2D eigenvalue weighted by Gasteiger charge is -2.12. The minimum atomic E-state index is -0.394. The third-order valence-electron chi connectivity index (χ3n) is 2.63. The third-order valence-corrected chi connectivity index (χ3v) is 2.63. The summed E-state index contributed by atoms with van der Waals surface area (Å²) in [5.74, 6) is 0.110. The number of hydrogen-bond donors (Lipinski definition) is 3. The highest BCUT2D eigenvalue weighted by atomic mass is 16.2. The third kappa shape index (κ3) is 8.23. The maximum Gasteiger partial charge on any atom is 0.220 e. The summed E-state index contributed by atoms with van der Waals surface area (Å²) < 4.78 is 0. The number of amides is 2. The molecule has 2 amide bonds. The molecule has 0 aromatic rings. The molecule has 0 aliphatic heterocycles. The lowest BCUT2D eigenvalue weighted by molar-refractivity contribution is -0.121. The zero-order valence-corrected chi connectivity index (χ0v) is 10.00. The number of hydrogen-bond acceptors (Lipinski definition) is 3. The number of carbonyl (C=O) groups excluding carboxylic acids is 2. The molecule has 0 saturated heterocycles. The lowest BCUT2D eigenvalue weighted by atomic mass is 9.96. The first-order valence-electron chi connectivity index (χ1n) is 5.85. The molecule has 0 rings (SSSR count). The standard InChI is InChI=1S/C11H23N3O2/c1-2-9(5-7-12)3-4-11(16)14-8-6-10(13)15/h9H,2-8,12H2,1H3,(H2,13,15)(H,14,16). The smallest absolute Gasteiger partial charge is 0.220 e. The van der Waals surface area contributed by atoms with Crippen molar-refractivity contribution >= 4 is 11.8 Å². The van der Waals surface area contributed by atoms with Gasteiger partial charge in [0.2, 0.25) is 11.8 Å². The summed E-state index contributed by atoms with van der Waals surface area (Å²) in [7, 11) is 0. The van der Waals surface area contributed by atoms with Gasteiger partial charge >= 0.3 is 0 Å². The Morgan fingerprint density at radius 1 is 1.25 bits per heavy atom. The van der Waals surface area contributed by atoms with Gasteiger partial charge in [0.15, 0.2) is 0 Å². The molecule has 5 nitrogen and oxygen atoms in total. The van der Waals surface area contributed by atoms with Crippen molar-refractivity contribution in [2.24, 2.45) is 17.4 Å². The zero-order valence-electron chi connectivity index (χ0n) is 10.00. The SMILES string of the molecule is CCC(CCN)CCC(=O)NCCC(N)=O. The second-order valence-electron chi connectivity index (χ2n) is 3.96. The van der Waals surface area contributed by atoms with Gasteiger partial charge in [0.05, 0.1) is 0 Å². The molecule has 0 saturated carbocycles. The van der Waals surface area contributed by atoms with E-state index in [4.69, 9.17) is 11.5 Å². The highest BCUT2D eigenvalue weighted by Crippen LogP contribution is 2.14. The van der Waals surface area contributed by atoms with Crippen LogP contribution in [0.3, 0.4) is 0 Å². The van der Waals surface area contributed by atoms with Crippen molar-refractivity contribution in [1.82, 2.24) is 5.32 Å². The number of primary amides is 1. The largest absolute Gasteiger partial charge is 0.370 e. The first kappa shape index (κ1) is 14.9. The normalized spacial score (nSPS) is 12.1. The maximum atomic E-state index is 11.4. The predicted molar refractivity (Wildman–Crippen MR) is 63.5 cm³/mol. The van der Waals surface area contributed by atoms with E-state index < -0.39 is 5.91 Å². The van der Waals surface area contributed by atoms with E-state index in [0.717, 1.165) is 19.3 Å². The van der Waals surface area contributed by atoms with E-state index in [0.29, 0.717) is 25.4 Å². The minimum absolute atomic E-state index is 0.0169. The summed E-state index contributed by atoms with van der Waals surface area (Å²) in [6.07, 6.45) is 3.57. The van der Waals surface area contributed by atoms with Crippen molar-refractivity contribution in [3.05, 3.63) is 0 Å². The van der Waals surface area contributed by atoms with Crippen LogP contribution in [-0.2, 0) is 9.59 Å². The van der Waals surface area contributed by atoms with Crippen molar-refractivity contribution in [3.8, 4) is 0 Å². The molecular formula is C11H23N3O2. The highest BCUT2D eigenvalue weighted by Gasteiger charge is 2.08. The molecule has 0 aromatic heterocycles. The average molecular weight is 229 g/mol. The number of carbonyl (C=O) groups is 2. The Kier molecular flexibility index (Phi) is 8.52. The van der Waals surface area contributed by atoms with Crippen molar-refractivity contribution in [2.75, 3.05) is 13.1 Å². The Morgan fingerprint density at radius 2 is 1.94 bits per heavy atom. The van der Waals surface area contributed by atoms with Crippen LogP contribution in [-0.4, -0.2) is 24.9 Å². The minimum Gasteiger partial charge on any atom is -0.370 e. The van der Waals surface area contributed by atoms with Crippen molar-refractivity contribution in [3.63, 3.8) is 0 Å². The Labute approximate surface area is 96.9 Å². The van der Waals surface area contributed by atoms with Crippen molar-refractivity contribution in [2.45, 2.75) is 39.0 Å². The van der Waals surface area contributed by atoms with Gasteiger partial charge in [-0.3, -0.25) is 9.59 Å². The molecule has 0 bridgehead atoms. The Morgan fingerprint density at radius 3 is 2.44 bits per heavy atom. The van der Waals surface area contributed by atoms with Gasteiger partial charge in [-0.05, 0) is 25.3 Å². The van der Waals surface area contributed by atoms with E-state index >= 15 is 0 Å². The van der Waals surface area contributed by atoms with E-state index in [2.05, 4.69) is 12.2 Å². The molecule has 0 heterocycles. The molecular weight excluding hydrogens is 206 g/mol. The Hall–Kier alpha value is -1.10. The van der Waals surface area contributed by atoms with E-state index in [9.17, 15) is 9.59 Å². The topological polar surface area (TPSA) is 98.2 Å². The van der Waals surface area contributed by atoms with Crippen molar-refractivity contribution in [1.29, 1.82) is 0 Å². The molecule has 1 unspecified atom stereocenters. The van der Waals surface area contributed by atoms with Crippen LogP contribution in [0.1, 0.15) is 39.0 Å². The fourth-order valence-electron chi connectivity index (χ4n) is 1.54. The van der Waals surface area contributed by atoms with E-state index in [1.54, 1.807) is 0 Å². The molecule has 0 aliphatic carbocycles. The second kappa shape index (κ2) is 9.15. The molecule has 1 atom stereocenters. The lowest BCUT2D eigenvalue weighted by Crippen LogP contribution is -2.28. The van der Waals surface area contributed by atoms with Crippen LogP contribution in [0.25, 0.3) is 0 Å². The zero-order chi connectivity index (χ0) is 12.4. The molecule has 16 heavy (non-hydrogen) atoms. The van der Waals surface area contributed by atoms with Crippen LogP contribution in [0, 0.1) is 5.92 Å². The van der Waals surface area contributed by atoms with Gasteiger partial charge in [-0.25, -0.2) is 0 Å². The van der Waals surface area contributed by atoms with Crippen LogP contribution in [0.2, 0.25) is 0 Å². The summed E-state index contributed by atoms with van der Waals surface area (Å²) >= 11 is 0. The quantitative estimate of drug-likeness (QED) is 0.524. The molecule has 0 aliphatic rings. The maximum absolute atomic E-state index is 11.4. The second-order valence-corrected chi connectivity index (χ2v) is 3.96. The number of rotatable bonds is 9.